The van der Waals surface area contributed by atoms with Crippen LogP contribution < -0.4 is 0 Å². The Labute approximate surface area is 245 Å². The number of pyridine rings is 2. The van der Waals surface area contributed by atoms with E-state index in [1.807, 2.05) is 12.2 Å². The predicted molar refractivity (Wildman–Crippen MR) is 178 cm³/mol. The first-order chi connectivity index (χ1) is 20.6. The first-order valence-corrected chi connectivity index (χ1v) is 14.4. The molecule has 0 N–H and O–H groups in total. The average Bonchev–Trinajstić information content (AvgIpc) is 3.49. The van der Waals surface area contributed by atoms with Gasteiger partial charge < -0.3 is 9.13 Å². The molecule has 0 spiro atoms. The standard InChI is InChI=1S/C38H32N4/c1-5-7-11-27(6-2)29-16-20-33-31(22-29)37-35(18-14-25(3)39-37)41(33)24-42-34-21-17-30(28-12-9-8-10-13-28)23-32(34)38-36(42)19-15-26(4)40-38/h5-23H,1,24H2,2-4H3/b11-7-,27-6+. The molecule has 4 nitrogen and oxygen atoms in total. The predicted octanol–water partition coefficient (Wildman–Crippen LogP) is 9.63. The minimum Gasteiger partial charge on any atom is -0.320 e. The minimum atomic E-state index is 0.645. The van der Waals surface area contributed by atoms with Crippen LogP contribution in [0.4, 0.5) is 0 Å². The molecular weight excluding hydrogens is 512 g/mol. The van der Waals surface area contributed by atoms with Crippen molar-refractivity contribution in [2.24, 2.45) is 0 Å². The Morgan fingerprint density at radius 1 is 0.690 bits per heavy atom. The third kappa shape index (κ3) is 4.24. The fourth-order valence-electron chi connectivity index (χ4n) is 6.08. The minimum absolute atomic E-state index is 0.645. The van der Waals surface area contributed by atoms with Gasteiger partial charge in [0.2, 0.25) is 0 Å². The van der Waals surface area contributed by atoms with Crippen LogP contribution in [-0.2, 0) is 6.67 Å². The summed E-state index contributed by atoms with van der Waals surface area (Å²) in [7, 11) is 0. The van der Waals surface area contributed by atoms with Crippen LogP contribution in [0, 0.1) is 13.8 Å². The fraction of sp³-hybridized carbons (Fsp3) is 0.105. The molecule has 4 heterocycles. The van der Waals surface area contributed by atoms with Gasteiger partial charge in [-0.15, -0.1) is 0 Å². The lowest BCUT2D eigenvalue weighted by Gasteiger charge is -2.13. The van der Waals surface area contributed by atoms with E-state index >= 15 is 0 Å². The maximum atomic E-state index is 5.03. The molecule has 3 aromatic carbocycles. The van der Waals surface area contributed by atoms with Crippen molar-refractivity contribution in [3.63, 3.8) is 0 Å². The van der Waals surface area contributed by atoms with Gasteiger partial charge in [0.05, 0.1) is 33.1 Å². The van der Waals surface area contributed by atoms with Crippen LogP contribution >= 0.6 is 0 Å². The van der Waals surface area contributed by atoms with Crippen molar-refractivity contribution in [1.29, 1.82) is 0 Å². The molecule has 0 amide bonds. The van der Waals surface area contributed by atoms with Crippen molar-refractivity contribution < 1.29 is 0 Å². The van der Waals surface area contributed by atoms with Crippen LogP contribution in [0.2, 0.25) is 0 Å². The molecule has 0 bridgehead atoms. The second-order valence-electron chi connectivity index (χ2n) is 10.8. The molecule has 7 aromatic rings. The number of allylic oxidation sites excluding steroid dienone is 5. The molecule has 0 atom stereocenters. The Morgan fingerprint density at radius 3 is 1.90 bits per heavy atom. The molecule has 4 heteroatoms. The maximum Gasteiger partial charge on any atom is 0.100 e. The van der Waals surface area contributed by atoms with Crippen LogP contribution in [0.1, 0.15) is 23.9 Å². The van der Waals surface area contributed by atoms with Crippen molar-refractivity contribution in [3.8, 4) is 11.1 Å². The number of aromatic nitrogens is 4. The zero-order valence-electron chi connectivity index (χ0n) is 24.2. The van der Waals surface area contributed by atoms with Crippen molar-refractivity contribution >= 4 is 49.4 Å². The Kier molecular flexibility index (Phi) is 6.32. The second-order valence-corrected chi connectivity index (χ2v) is 10.8. The fourth-order valence-corrected chi connectivity index (χ4v) is 6.08. The smallest absolute Gasteiger partial charge is 0.100 e. The number of hydrogen-bond donors (Lipinski definition) is 0. The third-order valence-corrected chi connectivity index (χ3v) is 8.14. The van der Waals surface area contributed by atoms with Crippen molar-refractivity contribution in [3.05, 3.63) is 139 Å². The molecule has 0 aliphatic carbocycles. The highest BCUT2D eigenvalue weighted by molar-refractivity contribution is 6.09. The Hall–Kier alpha value is -5.22. The van der Waals surface area contributed by atoms with Gasteiger partial charge in [-0.05, 0) is 91.6 Å². The second kappa shape index (κ2) is 10.3. The van der Waals surface area contributed by atoms with E-state index in [0.29, 0.717) is 6.67 Å². The van der Waals surface area contributed by atoms with E-state index in [4.69, 9.17) is 9.97 Å². The zero-order chi connectivity index (χ0) is 28.8. The largest absolute Gasteiger partial charge is 0.320 e. The summed E-state index contributed by atoms with van der Waals surface area (Å²) in [6, 6.07) is 32.6. The quantitative estimate of drug-likeness (QED) is 0.195. The molecule has 0 saturated heterocycles. The Balaban J connectivity index is 1.45. The Morgan fingerprint density at radius 2 is 1.29 bits per heavy atom. The maximum absolute atomic E-state index is 5.03. The molecule has 42 heavy (non-hydrogen) atoms. The molecule has 7 rings (SSSR count). The number of aryl methyl sites for hydroxylation is 2. The van der Waals surface area contributed by atoms with Crippen LogP contribution in [0.15, 0.2) is 122 Å². The number of benzene rings is 3. The molecule has 0 aliphatic heterocycles. The van der Waals surface area contributed by atoms with Crippen LogP contribution in [0.25, 0.3) is 60.6 Å². The van der Waals surface area contributed by atoms with Crippen molar-refractivity contribution in [1.82, 2.24) is 19.1 Å². The summed E-state index contributed by atoms with van der Waals surface area (Å²) in [4.78, 5) is 10.1. The zero-order valence-corrected chi connectivity index (χ0v) is 24.2. The van der Waals surface area contributed by atoms with E-state index in [1.54, 1.807) is 0 Å². The van der Waals surface area contributed by atoms with E-state index in [-0.39, 0.29) is 0 Å². The molecule has 0 saturated carbocycles. The highest BCUT2D eigenvalue weighted by Crippen LogP contribution is 2.35. The number of fused-ring (bicyclic) bond motifs is 6. The first kappa shape index (κ1) is 25.7. The molecule has 0 aliphatic rings. The monoisotopic (exact) mass is 544 g/mol. The summed E-state index contributed by atoms with van der Waals surface area (Å²) >= 11 is 0. The van der Waals surface area contributed by atoms with Gasteiger partial charge in [-0.2, -0.15) is 0 Å². The lowest BCUT2D eigenvalue weighted by Crippen LogP contribution is -2.08. The number of rotatable bonds is 6. The SMILES string of the molecule is C=C/C=C\C(=C/C)c1ccc2c(c1)c1nc(C)ccc1n2Cn1c2ccc(-c3ccccc3)cc2c2nc(C)ccc21. The lowest BCUT2D eigenvalue weighted by molar-refractivity contribution is 0.682. The number of nitrogens with zero attached hydrogens (tertiary/aromatic N) is 4. The summed E-state index contributed by atoms with van der Waals surface area (Å²) < 4.78 is 4.78. The van der Waals surface area contributed by atoms with Crippen molar-refractivity contribution in [2.45, 2.75) is 27.4 Å². The highest BCUT2D eigenvalue weighted by Gasteiger charge is 2.18. The van der Waals surface area contributed by atoms with Gasteiger partial charge in [0.15, 0.2) is 0 Å². The van der Waals surface area contributed by atoms with E-state index in [0.717, 1.165) is 55.5 Å². The van der Waals surface area contributed by atoms with Crippen LogP contribution in [0.5, 0.6) is 0 Å². The van der Waals surface area contributed by atoms with Gasteiger partial charge >= 0.3 is 0 Å². The van der Waals surface area contributed by atoms with E-state index in [2.05, 4.69) is 140 Å². The molecule has 0 fully saturated rings. The highest BCUT2D eigenvalue weighted by atomic mass is 15.2. The summed E-state index contributed by atoms with van der Waals surface area (Å²) in [6.07, 6.45) is 8.02. The normalized spacial score (nSPS) is 12.4. The Bertz CT molecular complexity index is 2210. The molecular formula is C38H32N4. The van der Waals surface area contributed by atoms with E-state index in [9.17, 15) is 0 Å². The topological polar surface area (TPSA) is 35.6 Å². The summed E-state index contributed by atoms with van der Waals surface area (Å²) in [5, 5.41) is 2.32. The average molecular weight is 545 g/mol. The van der Waals surface area contributed by atoms with Crippen molar-refractivity contribution in [2.75, 3.05) is 0 Å². The summed E-state index contributed by atoms with van der Waals surface area (Å²) in [5.41, 5.74) is 13.4. The van der Waals surface area contributed by atoms with E-state index in [1.165, 1.54) is 22.0 Å². The van der Waals surface area contributed by atoms with Gasteiger partial charge in [-0.3, -0.25) is 9.97 Å². The van der Waals surface area contributed by atoms with Gasteiger partial charge in [0, 0.05) is 22.2 Å². The lowest BCUT2D eigenvalue weighted by atomic mass is 10.0. The molecule has 0 unspecified atom stereocenters. The molecule has 204 valence electrons. The van der Waals surface area contributed by atoms with Gasteiger partial charge in [-0.25, -0.2) is 0 Å². The van der Waals surface area contributed by atoms with Crippen LogP contribution in [0.3, 0.4) is 0 Å². The third-order valence-electron chi connectivity index (χ3n) is 8.14. The molecule has 0 radical (unpaired) electrons. The van der Waals surface area contributed by atoms with E-state index < -0.39 is 0 Å². The van der Waals surface area contributed by atoms with Gasteiger partial charge in [0.1, 0.15) is 6.67 Å². The summed E-state index contributed by atoms with van der Waals surface area (Å²) in [6.45, 7) is 10.7. The summed E-state index contributed by atoms with van der Waals surface area (Å²) in [5.74, 6) is 0. The van der Waals surface area contributed by atoms with Crippen LogP contribution in [-0.4, -0.2) is 19.1 Å². The first-order valence-electron chi connectivity index (χ1n) is 14.4. The number of hydrogen-bond acceptors (Lipinski definition) is 2. The molecule has 4 aromatic heterocycles. The van der Waals surface area contributed by atoms with Gasteiger partial charge in [0.25, 0.3) is 0 Å². The van der Waals surface area contributed by atoms with Gasteiger partial charge in [-0.1, -0.05) is 73.3 Å².